The quantitative estimate of drug-likeness (QED) is 0.871. The van der Waals surface area contributed by atoms with Crippen LogP contribution in [0.2, 0.25) is 0 Å². The molecule has 0 radical (unpaired) electrons. The maximum absolute atomic E-state index is 9.44. The van der Waals surface area contributed by atoms with Gasteiger partial charge in [-0.25, -0.2) is 0 Å². The lowest BCUT2D eigenvalue weighted by Crippen LogP contribution is -2.07. The van der Waals surface area contributed by atoms with Gasteiger partial charge in [-0.05, 0) is 36.6 Å². The number of hydrogen-bond donors (Lipinski definition) is 1. The van der Waals surface area contributed by atoms with E-state index in [0.29, 0.717) is 11.4 Å². The Hall–Kier alpha value is -2.85. The Morgan fingerprint density at radius 1 is 1.24 bits per heavy atom. The molecule has 1 aromatic carbocycles. The van der Waals surface area contributed by atoms with E-state index in [1.165, 1.54) is 0 Å². The Labute approximate surface area is 124 Å². The van der Waals surface area contributed by atoms with Gasteiger partial charge in [0.2, 0.25) is 0 Å². The van der Waals surface area contributed by atoms with Crippen LogP contribution in [0.5, 0.6) is 0 Å². The molecular weight excluding hydrogens is 260 g/mol. The highest BCUT2D eigenvalue weighted by Crippen LogP contribution is 2.23. The van der Waals surface area contributed by atoms with Crippen LogP contribution in [0.3, 0.4) is 0 Å². The average molecular weight is 276 g/mol. The van der Waals surface area contributed by atoms with Crippen molar-refractivity contribution in [2.45, 2.75) is 26.7 Å². The van der Waals surface area contributed by atoms with Crippen molar-refractivity contribution >= 4 is 11.5 Å². The van der Waals surface area contributed by atoms with E-state index in [2.05, 4.69) is 27.5 Å². The summed E-state index contributed by atoms with van der Waals surface area (Å²) in [5.41, 5.74) is 3.94. The van der Waals surface area contributed by atoms with Crippen molar-refractivity contribution in [1.29, 1.82) is 5.26 Å². The molecule has 2 rings (SSSR count). The van der Waals surface area contributed by atoms with Crippen LogP contribution in [-0.4, -0.2) is 10.2 Å². The first kappa shape index (κ1) is 14.6. The molecule has 0 unspecified atom stereocenters. The first-order valence-electron chi connectivity index (χ1n) is 6.85. The molecule has 0 saturated carbocycles. The summed E-state index contributed by atoms with van der Waals surface area (Å²) in [4.78, 5) is 0. The van der Waals surface area contributed by atoms with Crippen molar-refractivity contribution in [2.24, 2.45) is 0 Å². The highest BCUT2D eigenvalue weighted by molar-refractivity contribution is 5.65. The normalized spacial score (nSPS) is 9.71. The van der Waals surface area contributed by atoms with Gasteiger partial charge in [0.25, 0.3) is 0 Å². The fourth-order valence-corrected chi connectivity index (χ4v) is 2.20. The maximum atomic E-state index is 9.44. The smallest absolute Gasteiger partial charge is 0.171 e. The third kappa shape index (κ3) is 3.01. The van der Waals surface area contributed by atoms with Crippen LogP contribution in [0, 0.1) is 23.7 Å². The molecular formula is C17H16N4. The summed E-state index contributed by atoms with van der Waals surface area (Å²) < 4.78 is 0. The van der Waals surface area contributed by atoms with E-state index >= 15 is 0 Å². The number of nitrogens with zero attached hydrogens (tertiary/aromatic N) is 3. The molecule has 0 aliphatic heterocycles. The zero-order valence-corrected chi connectivity index (χ0v) is 12.1. The molecule has 0 atom stereocenters. The van der Waals surface area contributed by atoms with Crippen molar-refractivity contribution in [3.63, 3.8) is 0 Å². The summed E-state index contributed by atoms with van der Waals surface area (Å²) in [7, 11) is 0. The summed E-state index contributed by atoms with van der Waals surface area (Å²) in [5.74, 6) is 3.05. The van der Waals surface area contributed by atoms with Gasteiger partial charge in [0, 0.05) is 11.3 Å². The summed E-state index contributed by atoms with van der Waals surface area (Å²) in [6, 6.07) is 9.65. The molecule has 0 amide bonds. The van der Waals surface area contributed by atoms with E-state index in [-0.39, 0.29) is 0 Å². The first-order chi connectivity index (χ1) is 10.2. The number of anilines is 2. The van der Waals surface area contributed by atoms with Crippen LogP contribution >= 0.6 is 0 Å². The average Bonchev–Trinajstić information content (AvgIpc) is 2.54. The van der Waals surface area contributed by atoms with E-state index in [9.17, 15) is 5.26 Å². The second-order valence-electron chi connectivity index (χ2n) is 4.52. The molecule has 4 heteroatoms. The number of benzene rings is 1. The van der Waals surface area contributed by atoms with E-state index in [1.807, 2.05) is 38.1 Å². The van der Waals surface area contributed by atoms with E-state index in [0.717, 1.165) is 35.3 Å². The predicted octanol–water partition coefficient (Wildman–Crippen LogP) is 3.20. The van der Waals surface area contributed by atoms with Crippen molar-refractivity contribution in [2.75, 3.05) is 5.32 Å². The monoisotopic (exact) mass is 276 g/mol. The van der Waals surface area contributed by atoms with Gasteiger partial charge in [0.05, 0.1) is 5.69 Å². The van der Waals surface area contributed by atoms with Crippen molar-refractivity contribution < 1.29 is 0 Å². The van der Waals surface area contributed by atoms with E-state index in [4.69, 9.17) is 6.42 Å². The third-order valence-electron chi connectivity index (χ3n) is 3.25. The summed E-state index contributed by atoms with van der Waals surface area (Å²) in [6.45, 7) is 4.02. The minimum Gasteiger partial charge on any atom is -0.338 e. The Kier molecular flexibility index (Phi) is 4.53. The maximum Gasteiger partial charge on any atom is 0.171 e. The summed E-state index contributed by atoms with van der Waals surface area (Å²) in [6.07, 6.45) is 6.91. The van der Waals surface area contributed by atoms with Gasteiger partial charge in [-0.3, -0.25) is 0 Å². The Bertz CT molecular complexity index is 735. The van der Waals surface area contributed by atoms with Crippen LogP contribution in [0.4, 0.5) is 11.5 Å². The molecule has 1 aromatic heterocycles. The van der Waals surface area contributed by atoms with Crippen LogP contribution in [-0.2, 0) is 12.8 Å². The fourth-order valence-electron chi connectivity index (χ4n) is 2.20. The predicted molar refractivity (Wildman–Crippen MR) is 83.2 cm³/mol. The van der Waals surface area contributed by atoms with Crippen LogP contribution in [0.15, 0.2) is 24.3 Å². The molecule has 4 nitrogen and oxygen atoms in total. The van der Waals surface area contributed by atoms with Crippen LogP contribution in [0.1, 0.15) is 36.2 Å². The summed E-state index contributed by atoms with van der Waals surface area (Å²) in [5, 5.41) is 20.9. The standard InChI is InChI=1S/C17H16N4/c1-4-12-8-7-9-13(10-12)19-17-15(11-18)14(5-2)16(6-3)20-21-17/h1,7-10H,5-6H2,2-3H3,(H,19,21). The first-order valence-corrected chi connectivity index (χ1v) is 6.85. The van der Waals surface area contributed by atoms with E-state index < -0.39 is 0 Å². The number of hydrogen-bond acceptors (Lipinski definition) is 4. The van der Waals surface area contributed by atoms with Gasteiger partial charge in [0.1, 0.15) is 11.6 Å². The van der Waals surface area contributed by atoms with Gasteiger partial charge in [0.15, 0.2) is 5.82 Å². The van der Waals surface area contributed by atoms with E-state index in [1.54, 1.807) is 0 Å². The lowest BCUT2D eigenvalue weighted by atomic mass is 10.0. The zero-order chi connectivity index (χ0) is 15.2. The van der Waals surface area contributed by atoms with Gasteiger partial charge >= 0.3 is 0 Å². The van der Waals surface area contributed by atoms with Crippen molar-refractivity contribution in [3.8, 4) is 18.4 Å². The lowest BCUT2D eigenvalue weighted by molar-refractivity contribution is 0.877. The second kappa shape index (κ2) is 6.54. The molecule has 104 valence electrons. The molecule has 2 aromatic rings. The van der Waals surface area contributed by atoms with Gasteiger partial charge in [-0.1, -0.05) is 25.8 Å². The van der Waals surface area contributed by atoms with Crippen LogP contribution < -0.4 is 5.32 Å². The van der Waals surface area contributed by atoms with Crippen molar-refractivity contribution in [3.05, 3.63) is 46.6 Å². The highest BCUT2D eigenvalue weighted by atomic mass is 15.2. The SMILES string of the molecule is C#Cc1cccc(Nc2nnc(CC)c(CC)c2C#N)c1. The van der Waals surface area contributed by atoms with Crippen LogP contribution in [0.25, 0.3) is 0 Å². The molecule has 0 bridgehead atoms. The Morgan fingerprint density at radius 2 is 2.05 bits per heavy atom. The minimum absolute atomic E-state index is 0.473. The largest absolute Gasteiger partial charge is 0.338 e. The molecule has 0 saturated heterocycles. The number of rotatable bonds is 4. The zero-order valence-electron chi connectivity index (χ0n) is 12.1. The molecule has 1 N–H and O–H groups in total. The molecule has 0 spiro atoms. The van der Waals surface area contributed by atoms with Crippen molar-refractivity contribution in [1.82, 2.24) is 10.2 Å². The molecule has 0 aliphatic carbocycles. The molecule has 21 heavy (non-hydrogen) atoms. The Balaban J connectivity index is 2.45. The summed E-state index contributed by atoms with van der Waals surface area (Å²) >= 11 is 0. The van der Waals surface area contributed by atoms with Gasteiger partial charge in [-0.2, -0.15) is 10.4 Å². The number of nitriles is 1. The molecule has 1 heterocycles. The third-order valence-corrected chi connectivity index (χ3v) is 3.25. The topological polar surface area (TPSA) is 61.6 Å². The van der Waals surface area contributed by atoms with Gasteiger partial charge < -0.3 is 5.32 Å². The highest BCUT2D eigenvalue weighted by Gasteiger charge is 2.14. The number of nitrogens with one attached hydrogen (secondary N) is 1. The number of aryl methyl sites for hydroxylation is 1. The second-order valence-corrected chi connectivity index (χ2v) is 4.52. The minimum atomic E-state index is 0.473. The fraction of sp³-hybridized carbons (Fsp3) is 0.235. The molecule has 0 aliphatic rings. The number of aromatic nitrogens is 2. The number of terminal acetylenes is 1. The lowest BCUT2D eigenvalue weighted by Gasteiger charge is -2.12. The molecule has 0 fully saturated rings. The van der Waals surface area contributed by atoms with Gasteiger partial charge in [-0.15, -0.1) is 11.5 Å². The Morgan fingerprint density at radius 3 is 2.67 bits per heavy atom.